The molecule has 2 unspecified atom stereocenters. The van der Waals surface area contributed by atoms with E-state index in [1.54, 1.807) is 6.92 Å². The van der Waals surface area contributed by atoms with Crippen LogP contribution in [0, 0.1) is 0 Å². The molecule has 0 aromatic carbocycles. The van der Waals surface area contributed by atoms with Gasteiger partial charge in [-0.2, -0.15) is 0 Å². The van der Waals surface area contributed by atoms with Gasteiger partial charge in [-0.25, -0.2) is 4.79 Å². The second kappa shape index (κ2) is 9.92. The van der Waals surface area contributed by atoms with Crippen LogP contribution in [0.25, 0.3) is 0 Å². The first-order valence-electron chi connectivity index (χ1n) is 10.4. The van der Waals surface area contributed by atoms with Gasteiger partial charge < -0.3 is 16.0 Å². The Balaban J connectivity index is 1.78. The number of aliphatic imine (C=N–C) groups is 1. The van der Waals surface area contributed by atoms with Crippen molar-refractivity contribution in [1.82, 2.24) is 25.8 Å². The molecule has 3 N–H and O–H groups in total. The van der Waals surface area contributed by atoms with Crippen LogP contribution in [0.4, 0.5) is 4.79 Å². The zero-order chi connectivity index (χ0) is 19.9. The molecule has 0 aliphatic carbocycles. The van der Waals surface area contributed by atoms with Crippen LogP contribution in [0.15, 0.2) is 4.99 Å². The summed E-state index contributed by atoms with van der Waals surface area (Å²) < 4.78 is 0. The van der Waals surface area contributed by atoms with Gasteiger partial charge in [0.1, 0.15) is 5.54 Å². The van der Waals surface area contributed by atoms with Gasteiger partial charge in [-0.15, -0.1) is 0 Å². The van der Waals surface area contributed by atoms with E-state index in [0.29, 0.717) is 32.0 Å². The molecule has 27 heavy (non-hydrogen) atoms. The summed E-state index contributed by atoms with van der Waals surface area (Å²) >= 11 is 0. The topological polar surface area (TPSA) is 89.1 Å². The molecule has 0 radical (unpaired) electrons. The van der Waals surface area contributed by atoms with Crippen molar-refractivity contribution >= 4 is 17.9 Å². The summed E-state index contributed by atoms with van der Waals surface area (Å²) in [5.41, 5.74) is -0.757. The molecule has 154 valence electrons. The van der Waals surface area contributed by atoms with E-state index in [1.807, 2.05) is 13.8 Å². The van der Waals surface area contributed by atoms with Gasteiger partial charge in [-0.3, -0.25) is 19.6 Å². The van der Waals surface area contributed by atoms with Crippen LogP contribution in [-0.2, 0) is 4.79 Å². The Hall–Kier alpha value is -1.83. The van der Waals surface area contributed by atoms with Gasteiger partial charge in [0, 0.05) is 25.7 Å². The van der Waals surface area contributed by atoms with Crippen LogP contribution in [0.1, 0.15) is 53.4 Å². The van der Waals surface area contributed by atoms with Crippen LogP contribution in [0.3, 0.4) is 0 Å². The Morgan fingerprint density at radius 2 is 2.07 bits per heavy atom. The van der Waals surface area contributed by atoms with Crippen molar-refractivity contribution in [2.45, 2.75) is 65.0 Å². The first-order valence-corrected chi connectivity index (χ1v) is 10.4. The van der Waals surface area contributed by atoms with Crippen LogP contribution >= 0.6 is 0 Å². The zero-order valence-corrected chi connectivity index (χ0v) is 17.3. The minimum Gasteiger partial charge on any atom is -0.357 e. The predicted molar refractivity (Wildman–Crippen MR) is 108 cm³/mol. The third kappa shape index (κ3) is 5.34. The van der Waals surface area contributed by atoms with Crippen LogP contribution < -0.4 is 16.0 Å². The van der Waals surface area contributed by atoms with Crippen molar-refractivity contribution in [3.63, 3.8) is 0 Å². The number of carbonyl (C=O) groups excluding carboxylic acids is 2. The van der Waals surface area contributed by atoms with Crippen molar-refractivity contribution in [3.05, 3.63) is 0 Å². The van der Waals surface area contributed by atoms with E-state index >= 15 is 0 Å². The Morgan fingerprint density at radius 1 is 1.30 bits per heavy atom. The third-order valence-corrected chi connectivity index (χ3v) is 5.61. The monoisotopic (exact) mass is 380 g/mol. The van der Waals surface area contributed by atoms with Gasteiger partial charge in [0.05, 0.1) is 6.54 Å². The molecule has 0 saturated carbocycles. The summed E-state index contributed by atoms with van der Waals surface area (Å²) in [6, 6.07) is 0.244. The van der Waals surface area contributed by atoms with E-state index in [-0.39, 0.29) is 11.9 Å². The number of hydrogen-bond acceptors (Lipinski definition) is 4. The molecule has 2 saturated heterocycles. The summed E-state index contributed by atoms with van der Waals surface area (Å²) in [4.78, 5) is 33.0. The van der Waals surface area contributed by atoms with Crippen LogP contribution in [0.2, 0.25) is 0 Å². The molecule has 8 nitrogen and oxygen atoms in total. The number of urea groups is 1. The standard InChI is InChI=1S/C19H36N6O2/c1-5-19(4)16(26)25(18(27)23-19)13-9-11-21-17(20-6-2)22-14-15-10-8-12-24(15)7-3/h15H,5-14H2,1-4H3,(H,23,27)(H2,20,21,22). The normalized spacial score (nSPS) is 26.6. The lowest BCUT2D eigenvalue weighted by Gasteiger charge is -2.21. The number of nitrogens with one attached hydrogen (secondary N) is 3. The average Bonchev–Trinajstić information content (AvgIpc) is 3.20. The molecule has 0 aromatic rings. The molecular formula is C19H36N6O2. The Bertz CT molecular complexity index is 552. The van der Waals surface area contributed by atoms with E-state index in [1.165, 1.54) is 24.3 Å². The lowest BCUT2D eigenvalue weighted by Crippen LogP contribution is -2.43. The fraction of sp³-hybridized carbons (Fsp3) is 0.842. The Morgan fingerprint density at radius 3 is 2.70 bits per heavy atom. The van der Waals surface area contributed by atoms with Gasteiger partial charge in [0.15, 0.2) is 5.96 Å². The quantitative estimate of drug-likeness (QED) is 0.242. The Labute approximate surface area is 163 Å². The number of likely N-dealkylation sites (tertiary alicyclic amines) is 1. The molecule has 0 bridgehead atoms. The van der Waals surface area contributed by atoms with E-state index in [4.69, 9.17) is 4.99 Å². The number of amides is 3. The maximum Gasteiger partial charge on any atom is 0.325 e. The highest BCUT2D eigenvalue weighted by atomic mass is 16.2. The second-order valence-corrected chi connectivity index (χ2v) is 7.50. The zero-order valence-electron chi connectivity index (χ0n) is 17.3. The van der Waals surface area contributed by atoms with Gasteiger partial charge in [-0.05, 0) is 52.6 Å². The second-order valence-electron chi connectivity index (χ2n) is 7.50. The molecule has 8 heteroatoms. The van der Waals surface area contributed by atoms with Gasteiger partial charge >= 0.3 is 6.03 Å². The highest BCUT2D eigenvalue weighted by Gasteiger charge is 2.45. The maximum absolute atomic E-state index is 12.4. The minimum atomic E-state index is -0.757. The van der Waals surface area contributed by atoms with Crippen LogP contribution in [-0.4, -0.2) is 78.5 Å². The van der Waals surface area contributed by atoms with Crippen molar-refractivity contribution < 1.29 is 9.59 Å². The fourth-order valence-corrected chi connectivity index (χ4v) is 3.69. The van der Waals surface area contributed by atoms with E-state index in [9.17, 15) is 9.59 Å². The van der Waals surface area contributed by atoms with E-state index in [2.05, 4.69) is 27.8 Å². The predicted octanol–water partition coefficient (Wildman–Crippen LogP) is 1.14. The largest absolute Gasteiger partial charge is 0.357 e. The number of guanidine groups is 1. The molecule has 2 atom stereocenters. The molecule has 2 aliphatic heterocycles. The van der Waals surface area contributed by atoms with E-state index < -0.39 is 5.54 Å². The maximum atomic E-state index is 12.4. The molecule has 0 spiro atoms. The minimum absolute atomic E-state index is 0.128. The lowest BCUT2D eigenvalue weighted by atomic mass is 9.99. The molecule has 2 heterocycles. The lowest BCUT2D eigenvalue weighted by molar-refractivity contribution is -0.130. The van der Waals surface area contributed by atoms with Gasteiger partial charge in [-0.1, -0.05) is 13.8 Å². The molecular weight excluding hydrogens is 344 g/mol. The fourth-order valence-electron chi connectivity index (χ4n) is 3.69. The molecule has 0 aromatic heterocycles. The highest BCUT2D eigenvalue weighted by molar-refractivity contribution is 6.06. The summed E-state index contributed by atoms with van der Waals surface area (Å²) in [6.07, 6.45) is 3.74. The number of imide groups is 1. The number of hydrogen-bond donors (Lipinski definition) is 3. The summed E-state index contributed by atoms with van der Waals surface area (Å²) in [5, 5.41) is 9.37. The van der Waals surface area contributed by atoms with Crippen molar-refractivity contribution in [1.29, 1.82) is 0 Å². The Kier molecular flexibility index (Phi) is 7.89. The summed E-state index contributed by atoms with van der Waals surface area (Å²) in [6.45, 7) is 12.9. The number of carbonyl (C=O) groups is 2. The van der Waals surface area contributed by atoms with Crippen molar-refractivity contribution in [3.8, 4) is 0 Å². The number of nitrogens with zero attached hydrogens (tertiary/aromatic N) is 3. The first kappa shape index (κ1) is 21.5. The summed E-state index contributed by atoms with van der Waals surface area (Å²) in [5.74, 6) is 0.674. The highest BCUT2D eigenvalue weighted by Crippen LogP contribution is 2.20. The smallest absolute Gasteiger partial charge is 0.325 e. The molecule has 2 rings (SSSR count). The van der Waals surface area contributed by atoms with Gasteiger partial charge in [0.25, 0.3) is 5.91 Å². The molecule has 2 aliphatic rings. The number of rotatable bonds is 9. The van der Waals surface area contributed by atoms with E-state index in [0.717, 1.165) is 25.6 Å². The number of likely N-dealkylation sites (N-methyl/N-ethyl adjacent to an activating group) is 1. The molecule has 3 amide bonds. The van der Waals surface area contributed by atoms with Crippen LogP contribution in [0.5, 0.6) is 0 Å². The summed E-state index contributed by atoms with van der Waals surface area (Å²) in [7, 11) is 0. The average molecular weight is 381 g/mol. The van der Waals surface area contributed by atoms with Crippen molar-refractivity contribution in [2.75, 3.05) is 39.3 Å². The van der Waals surface area contributed by atoms with Gasteiger partial charge in [0.2, 0.25) is 0 Å². The molecule has 2 fully saturated rings. The third-order valence-electron chi connectivity index (χ3n) is 5.61. The first-order chi connectivity index (χ1) is 12.9. The SMILES string of the molecule is CCNC(=NCC1CCCN1CC)NCCCN1C(=O)NC(C)(CC)C1=O. The van der Waals surface area contributed by atoms with Crippen molar-refractivity contribution in [2.24, 2.45) is 4.99 Å².